The fourth-order valence-corrected chi connectivity index (χ4v) is 5.79. The lowest BCUT2D eigenvalue weighted by Crippen LogP contribution is -2.36. The zero-order chi connectivity index (χ0) is 24.2. The maximum Gasteiger partial charge on any atom is 0.393 e. The van der Waals surface area contributed by atoms with E-state index in [2.05, 4.69) is 0 Å². The lowest BCUT2D eigenvalue weighted by atomic mass is 9.75. The monoisotopic (exact) mass is 465 g/mol. The summed E-state index contributed by atoms with van der Waals surface area (Å²) in [6.45, 7) is 0. The van der Waals surface area contributed by atoms with Gasteiger partial charge >= 0.3 is 6.18 Å². The quantitative estimate of drug-likeness (QED) is 0.270. The molecule has 0 saturated heterocycles. The molecule has 2 aliphatic carbocycles. The standard InChI is InChI=1S/C26H18F3NO4/c27-26(28,29)23-20-17-12-11-16(30(33)34)13-18(17)25(32)21(20)19(14-7-3-1-4-8-14)22(23)24(31)15-9-5-2-6-10-15/h1-13,19-23H. The maximum atomic E-state index is 14.7. The molecular weight excluding hydrogens is 447 g/mol. The first-order chi connectivity index (χ1) is 16.2. The third-order valence-electron chi connectivity index (χ3n) is 7.03. The number of Topliss-reactive ketones (excluding diaryl/α,β-unsaturated/α-hetero) is 2. The average Bonchev–Trinajstić information content (AvgIpc) is 3.32. The van der Waals surface area contributed by atoms with E-state index in [4.69, 9.17) is 0 Å². The maximum absolute atomic E-state index is 14.7. The van der Waals surface area contributed by atoms with Crippen molar-refractivity contribution >= 4 is 17.3 Å². The van der Waals surface area contributed by atoms with E-state index in [0.717, 1.165) is 12.1 Å². The number of benzene rings is 3. The molecule has 5 atom stereocenters. The zero-order valence-electron chi connectivity index (χ0n) is 17.6. The van der Waals surface area contributed by atoms with Crippen LogP contribution in [0.15, 0.2) is 78.9 Å². The predicted octanol–water partition coefficient (Wildman–Crippen LogP) is 5.97. The summed E-state index contributed by atoms with van der Waals surface area (Å²) in [6, 6.07) is 19.5. The number of hydrogen-bond donors (Lipinski definition) is 0. The van der Waals surface area contributed by atoms with Gasteiger partial charge < -0.3 is 0 Å². The Morgan fingerprint density at radius 3 is 2.06 bits per heavy atom. The van der Waals surface area contributed by atoms with Crippen LogP contribution in [0, 0.1) is 27.9 Å². The number of hydrogen-bond acceptors (Lipinski definition) is 4. The first-order valence-electron chi connectivity index (χ1n) is 10.7. The van der Waals surface area contributed by atoms with Crippen LogP contribution in [0.4, 0.5) is 18.9 Å². The van der Waals surface area contributed by atoms with Gasteiger partial charge in [-0.2, -0.15) is 13.2 Å². The Morgan fingerprint density at radius 2 is 1.47 bits per heavy atom. The van der Waals surface area contributed by atoms with Gasteiger partial charge in [-0.3, -0.25) is 19.7 Å². The number of alkyl halides is 3. The Hall–Kier alpha value is -3.81. The number of carbonyl (C=O) groups excluding carboxylic acids is 2. The smallest absolute Gasteiger partial charge is 0.294 e. The normalized spacial score (nSPS) is 25.6. The van der Waals surface area contributed by atoms with Crippen LogP contribution < -0.4 is 0 Å². The summed E-state index contributed by atoms with van der Waals surface area (Å²) >= 11 is 0. The summed E-state index contributed by atoms with van der Waals surface area (Å²) in [5.41, 5.74) is 0.314. The number of non-ortho nitro benzene ring substituents is 1. The highest BCUT2D eigenvalue weighted by atomic mass is 19.4. The van der Waals surface area contributed by atoms with Gasteiger partial charge in [-0.15, -0.1) is 0 Å². The zero-order valence-corrected chi connectivity index (χ0v) is 17.6. The molecule has 5 unspecified atom stereocenters. The van der Waals surface area contributed by atoms with Gasteiger partial charge in [0.15, 0.2) is 11.6 Å². The van der Waals surface area contributed by atoms with Gasteiger partial charge in [-0.1, -0.05) is 66.7 Å². The van der Waals surface area contributed by atoms with Crippen LogP contribution >= 0.6 is 0 Å². The highest BCUT2D eigenvalue weighted by Crippen LogP contribution is 2.64. The molecule has 172 valence electrons. The molecule has 2 aliphatic rings. The summed E-state index contributed by atoms with van der Waals surface area (Å²) in [5, 5.41) is 11.2. The second-order valence-corrected chi connectivity index (χ2v) is 8.70. The number of rotatable bonds is 4. The molecule has 0 N–H and O–H groups in total. The second-order valence-electron chi connectivity index (χ2n) is 8.70. The Balaban J connectivity index is 1.74. The fourth-order valence-electron chi connectivity index (χ4n) is 5.79. The van der Waals surface area contributed by atoms with Gasteiger partial charge in [0.25, 0.3) is 5.69 Å². The lowest BCUT2D eigenvalue weighted by molar-refractivity contribution is -0.384. The molecule has 0 aromatic heterocycles. The van der Waals surface area contributed by atoms with Crippen LogP contribution in [0.1, 0.15) is 43.7 Å². The number of ketones is 2. The molecule has 5 nitrogen and oxygen atoms in total. The highest BCUT2D eigenvalue weighted by Gasteiger charge is 2.67. The molecule has 0 radical (unpaired) electrons. The van der Waals surface area contributed by atoms with E-state index in [-0.39, 0.29) is 22.4 Å². The minimum atomic E-state index is -4.77. The summed E-state index contributed by atoms with van der Waals surface area (Å²) in [4.78, 5) is 37.6. The van der Waals surface area contributed by atoms with Crippen LogP contribution in [0.25, 0.3) is 0 Å². The van der Waals surface area contributed by atoms with Crippen molar-refractivity contribution in [1.29, 1.82) is 0 Å². The Morgan fingerprint density at radius 1 is 0.853 bits per heavy atom. The van der Waals surface area contributed by atoms with Gasteiger partial charge in [-0.25, -0.2) is 0 Å². The summed E-state index contributed by atoms with van der Waals surface area (Å²) in [6.07, 6.45) is -4.77. The van der Waals surface area contributed by atoms with Gasteiger partial charge in [0.05, 0.1) is 10.8 Å². The van der Waals surface area contributed by atoms with E-state index in [9.17, 15) is 32.9 Å². The number of halogens is 3. The van der Waals surface area contributed by atoms with Gasteiger partial charge in [0.1, 0.15) is 0 Å². The van der Waals surface area contributed by atoms with E-state index in [0.29, 0.717) is 5.56 Å². The molecule has 0 heterocycles. The Labute approximate surface area is 192 Å². The van der Waals surface area contributed by atoms with Gasteiger partial charge in [-0.05, 0) is 11.1 Å². The molecule has 34 heavy (non-hydrogen) atoms. The first-order valence-corrected chi connectivity index (χ1v) is 10.7. The van der Waals surface area contributed by atoms with E-state index in [1.165, 1.54) is 18.2 Å². The van der Waals surface area contributed by atoms with Crippen molar-refractivity contribution in [2.24, 2.45) is 17.8 Å². The van der Waals surface area contributed by atoms with Crippen LogP contribution in [0.3, 0.4) is 0 Å². The molecule has 3 aromatic carbocycles. The van der Waals surface area contributed by atoms with Crippen molar-refractivity contribution in [3.8, 4) is 0 Å². The fraction of sp³-hybridized carbons (Fsp3) is 0.231. The average molecular weight is 465 g/mol. The molecule has 5 rings (SSSR count). The minimum Gasteiger partial charge on any atom is -0.294 e. The van der Waals surface area contributed by atoms with Crippen LogP contribution in [-0.2, 0) is 0 Å². The number of carbonyl (C=O) groups is 2. The summed E-state index contributed by atoms with van der Waals surface area (Å²) in [5.74, 6) is -8.34. The highest BCUT2D eigenvalue weighted by molar-refractivity contribution is 6.07. The van der Waals surface area contributed by atoms with Crippen molar-refractivity contribution in [2.75, 3.05) is 0 Å². The third-order valence-corrected chi connectivity index (χ3v) is 7.03. The van der Waals surface area contributed by atoms with E-state index < -0.39 is 52.3 Å². The topological polar surface area (TPSA) is 77.3 Å². The molecule has 0 bridgehead atoms. The largest absolute Gasteiger partial charge is 0.393 e. The summed E-state index contributed by atoms with van der Waals surface area (Å²) < 4.78 is 44.0. The molecule has 0 aliphatic heterocycles. The molecule has 8 heteroatoms. The molecule has 0 amide bonds. The molecule has 3 aromatic rings. The number of nitro groups is 1. The van der Waals surface area contributed by atoms with Crippen molar-refractivity contribution in [1.82, 2.24) is 0 Å². The molecule has 1 fully saturated rings. The molecule has 0 spiro atoms. The number of nitro benzene ring substituents is 1. The predicted molar refractivity (Wildman–Crippen MR) is 117 cm³/mol. The van der Waals surface area contributed by atoms with Crippen molar-refractivity contribution in [2.45, 2.75) is 18.0 Å². The van der Waals surface area contributed by atoms with Crippen LogP contribution in [-0.4, -0.2) is 22.7 Å². The van der Waals surface area contributed by atoms with Crippen molar-refractivity contribution < 1.29 is 27.7 Å². The van der Waals surface area contributed by atoms with Gasteiger partial charge in [0, 0.05) is 46.9 Å². The van der Waals surface area contributed by atoms with E-state index in [1.807, 2.05) is 0 Å². The molecule has 1 saturated carbocycles. The van der Waals surface area contributed by atoms with E-state index in [1.54, 1.807) is 48.5 Å². The SMILES string of the molecule is O=C1c2cc([N+](=O)[O-])ccc2C2C1C(c1ccccc1)C(C(=O)c1ccccc1)C2C(F)(F)F. The molecular formula is C26H18F3NO4. The number of nitrogens with zero attached hydrogens (tertiary/aromatic N) is 1. The summed E-state index contributed by atoms with van der Waals surface area (Å²) in [7, 11) is 0. The lowest BCUT2D eigenvalue weighted by Gasteiger charge is -2.28. The van der Waals surface area contributed by atoms with E-state index >= 15 is 0 Å². The third kappa shape index (κ3) is 3.32. The minimum absolute atomic E-state index is 0.0648. The van der Waals surface area contributed by atoms with Gasteiger partial charge in [0.2, 0.25) is 0 Å². The van der Waals surface area contributed by atoms with Crippen molar-refractivity contribution in [3.63, 3.8) is 0 Å². The van der Waals surface area contributed by atoms with Crippen LogP contribution in [0.2, 0.25) is 0 Å². The Kier molecular flexibility index (Phi) is 5.11. The first kappa shape index (κ1) is 22.0. The Bertz CT molecular complexity index is 1290. The van der Waals surface area contributed by atoms with Crippen molar-refractivity contribution in [3.05, 3.63) is 111 Å². The second kappa shape index (κ2) is 7.90. The van der Waals surface area contributed by atoms with Crippen LogP contribution in [0.5, 0.6) is 0 Å². The number of fused-ring (bicyclic) bond motifs is 3.